The quantitative estimate of drug-likeness (QED) is 0.165. The number of aryl methyl sites for hydroxylation is 2. The molecule has 46 heavy (non-hydrogen) atoms. The second-order valence-corrected chi connectivity index (χ2v) is 11.8. The number of fused-ring (bicyclic) bond motifs is 1. The molecule has 1 N–H and O–H groups in total. The third-order valence-electron chi connectivity index (χ3n) is 7.42. The van der Waals surface area contributed by atoms with Crippen molar-refractivity contribution in [1.29, 1.82) is 5.26 Å². The van der Waals surface area contributed by atoms with Gasteiger partial charge in [-0.1, -0.05) is 66.6 Å². The first-order valence-electron chi connectivity index (χ1n) is 14.8. The van der Waals surface area contributed by atoms with E-state index in [0.717, 1.165) is 39.3 Å². The highest BCUT2D eigenvalue weighted by molar-refractivity contribution is 7.18. The summed E-state index contributed by atoms with van der Waals surface area (Å²) in [6.45, 7) is 9.23. The number of thiophene rings is 1. The Kier molecular flexibility index (Phi) is 9.54. The number of anilines is 1. The summed E-state index contributed by atoms with van der Waals surface area (Å²) in [4.78, 5) is 48.9. The van der Waals surface area contributed by atoms with Gasteiger partial charge in [-0.25, -0.2) is 19.6 Å². The van der Waals surface area contributed by atoms with E-state index in [1.807, 2.05) is 68.4 Å². The fourth-order valence-electron chi connectivity index (χ4n) is 4.85. The van der Waals surface area contributed by atoms with Gasteiger partial charge in [-0.15, -0.1) is 11.3 Å². The molecule has 5 aromatic rings. The van der Waals surface area contributed by atoms with Crippen molar-refractivity contribution in [3.63, 3.8) is 0 Å². The smallest absolute Gasteiger partial charge is 0.348 e. The monoisotopic (exact) mass is 632 g/mol. The van der Waals surface area contributed by atoms with E-state index in [-0.39, 0.29) is 34.0 Å². The summed E-state index contributed by atoms with van der Waals surface area (Å²) < 4.78 is 10.7. The molecule has 0 saturated heterocycles. The predicted octanol–water partition coefficient (Wildman–Crippen LogP) is 7.57. The molecule has 2 aromatic heterocycles. The number of nitrogens with one attached hydrogen (secondary N) is 1. The average molecular weight is 633 g/mol. The highest BCUT2D eigenvalue weighted by Gasteiger charge is 2.27. The third-order valence-corrected chi connectivity index (χ3v) is 8.61. The Balaban J connectivity index is 1.43. The summed E-state index contributed by atoms with van der Waals surface area (Å²) in [7, 11) is 0. The summed E-state index contributed by atoms with van der Waals surface area (Å²) in [6, 6.07) is 23.0. The molecule has 1 atom stereocenters. The molecule has 0 bridgehead atoms. The summed E-state index contributed by atoms with van der Waals surface area (Å²) in [5.74, 6) is -1.90. The largest absolute Gasteiger partial charge is 0.462 e. The molecule has 0 aliphatic rings. The van der Waals surface area contributed by atoms with Crippen LogP contribution in [0.2, 0.25) is 0 Å². The van der Waals surface area contributed by atoms with Gasteiger partial charge < -0.3 is 14.8 Å². The maximum absolute atomic E-state index is 13.3. The molecule has 0 aliphatic heterocycles. The van der Waals surface area contributed by atoms with Crippen LogP contribution in [0, 0.1) is 32.1 Å². The fourth-order valence-corrected chi connectivity index (χ4v) is 5.90. The van der Waals surface area contributed by atoms with Gasteiger partial charge in [-0.2, -0.15) is 5.26 Å². The van der Waals surface area contributed by atoms with Gasteiger partial charge in [0.2, 0.25) is 0 Å². The molecular weight excluding hydrogens is 600 g/mol. The van der Waals surface area contributed by atoms with Crippen LogP contribution in [-0.4, -0.2) is 40.5 Å². The van der Waals surface area contributed by atoms with Crippen molar-refractivity contribution < 1.29 is 23.9 Å². The summed E-state index contributed by atoms with van der Waals surface area (Å²) in [6.07, 6.45) is -0.972. The zero-order chi connectivity index (χ0) is 33.0. The van der Waals surface area contributed by atoms with Crippen LogP contribution < -0.4 is 5.32 Å². The van der Waals surface area contributed by atoms with Gasteiger partial charge in [-0.3, -0.25) is 4.79 Å². The number of nitriles is 1. The van der Waals surface area contributed by atoms with Gasteiger partial charge in [0.1, 0.15) is 15.9 Å². The summed E-state index contributed by atoms with van der Waals surface area (Å²) in [5, 5.41) is 12.5. The lowest BCUT2D eigenvalue weighted by molar-refractivity contribution is -0.124. The van der Waals surface area contributed by atoms with Gasteiger partial charge in [-0.05, 0) is 57.9 Å². The van der Waals surface area contributed by atoms with Gasteiger partial charge >= 0.3 is 11.9 Å². The first kappa shape index (κ1) is 32.0. The molecule has 0 saturated carbocycles. The fraction of sp³-hybridized carbons (Fsp3) is 0.222. The van der Waals surface area contributed by atoms with Crippen LogP contribution in [-0.2, 0) is 14.3 Å². The average Bonchev–Trinajstić information content (AvgIpc) is 3.37. The number of carbonyl (C=O) groups is 3. The lowest BCUT2D eigenvalue weighted by Crippen LogP contribution is -2.32. The van der Waals surface area contributed by atoms with E-state index in [9.17, 15) is 19.6 Å². The molecule has 3 aromatic carbocycles. The number of hydrogen-bond donors (Lipinski definition) is 1. The Bertz CT molecular complexity index is 1990. The number of aromatic nitrogens is 2. The zero-order valence-corrected chi connectivity index (χ0v) is 27.0. The highest BCUT2D eigenvalue weighted by atomic mass is 32.1. The number of esters is 2. The Labute approximate surface area is 270 Å². The van der Waals surface area contributed by atoms with Crippen molar-refractivity contribution in [2.45, 2.75) is 47.1 Å². The van der Waals surface area contributed by atoms with E-state index >= 15 is 0 Å². The maximum Gasteiger partial charge on any atom is 0.348 e. The van der Waals surface area contributed by atoms with Gasteiger partial charge in [0, 0.05) is 11.1 Å². The van der Waals surface area contributed by atoms with Crippen LogP contribution in [0.15, 0.2) is 66.7 Å². The number of hydrogen-bond acceptors (Lipinski definition) is 9. The SMILES string of the molecule is CCOC(=O)c1sc(NC(=O)C(CC)OC(=O)c2ccc3nc(-c4ccc(C)cc4)c(-c4ccc(C)cc4)nc3c2)c(C#N)c1C. The lowest BCUT2D eigenvalue weighted by atomic mass is 10.0. The van der Waals surface area contributed by atoms with Crippen LogP contribution in [0.5, 0.6) is 0 Å². The van der Waals surface area contributed by atoms with E-state index in [1.165, 1.54) is 0 Å². The number of nitrogens with zero attached hydrogens (tertiary/aromatic N) is 3. The predicted molar refractivity (Wildman–Crippen MR) is 178 cm³/mol. The number of benzene rings is 3. The maximum atomic E-state index is 13.3. The molecule has 9 nitrogen and oxygen atoms in total. The zero-order valence-electron chi connectivity index (χ0n) is 26.1. The summed E-state index contributed by atoms with van der Waals surface area (Å²) >= 11 is 0.947. The second kappa shape index (κ2) is 13.7. The third kappa shape index (κ3) is 6.65. The molecule has 5 rings (SSSR count). The van der Waals surface area contributed by atoms with Crippen molar-refractivity contribution >= 4 is 45.2 Å². The molecule has 0 radical (unpaired) electrons. The topological polar surface area (TPSA) is 131 Å². The standard InChI is InChI=1S/C36H32N4O5S/c1-6-29(33(41)40-34-26(19-37)22(5)32(46-34)36(43)44-7-2)45-35(42)25-16-17-27-28(18-25)39-31(24-14-10-21(4)11-15-24)30(38-27)23-12-8-20(3)9-13-23/h8-18,29H,6-7H2,1-5H3,(H,40,41). The molecule has 2 heterocycles. The lowest BCUT2D eigenvalue weighted by Gasteiger charge is -2.16. The minimum absolute atomic E-state index is 0.157. The molecule has 1 unspecified atom stereocenters. The van der Waals surface area contributed by atoms with Crippen LogP contribution in [0.25, 0.3) is 33.5 Å². The number of amides is 1. The van der Waals surface area contributed by atoms with E-state index < -0.39 is 23.9 Å². The summed E-state index contributed by atoms with van der Waals surface area (Å²) in [5.41, 5.74) is 7.34. The second-order valence-electron chi connectivity index (χ2n) is 10.7. The van der Waals surface area contributed by atoms with Crippen LogP contribution in [0.4, 0.5) is 5.00 Å². The van der Waals surface area contributed by atoms with E-state index in [2.05, 4.69) is 5.32 Å². The van der Waals surface area contributed by atoms with Gasteiger partial charge in [0.05, 0.1) is 40.2 Å². The first-order chi connectivity index (χ1) is 22.1. The Morgan fingerprint density at radius 1 is 0.848 bits per heavy atom. The van der Waals surface area contributed by atoms with Crippen molar-refractivity contribution in [3.05, 3.63) is 99.4 Å². The van der Waals surface area contributed by atoms with Crippen LogP contribution >= 0.6 is 11.3 Å². The molecule has 0 aliphatic carbocycles. The van der Waals surface area contributed by atoms with Crippen LogP contribution in [0.1, 0.15) is 62.6 Å². The van der Waals surface area contributed by atoms with E-state index in [4.69, 9.17) is 19.4 Å². The molecule has 0 spiro atoms. The number of ether oxygens (including phenoxy) is 2. The Hall–Kier alpha value is -5.40. The molecule has 10 heteroatoms. The number of carbonyl (C=O) groups excluding carboxylic acids is 3. The van der Waals surface area contributed by atoms with Gasteiger partial charge in [0.25, 0.3) is 5.91 Å². The molecular formula is C36H32N4O5S. The van der Waals surface area contributed by atoms with E-state index in [0.29, 0.717) is 22.3 Å². The normalized spacial score (nSPS) is 11.5. The molecule has 0 fully saturated rings. The highest BCUT2D eigenvalue weighted by Crippen LogP contribution is 2.34. The minimum atomic E-state index is -1.15. The van der Waals surface area contributed by atoms with Crippen LogP contribution in [0.3, 0.4) is 0 Å². The van der Waals surface area contributed by atoms with Crippen molar-refractivity contribution in [3.8, 4) is 28.6 Å². The van der Waals surface area contributed by atoms with Gasteiger partial charge in [0.15, 0.2) is 6.10 Å². The Morgan fingerprint density at radius 3 is 1.98 bits per heavy atom. The molecule has 1 amide bonds. The first-order valence-corrected chi connectivity index (χ1v) is 15.6. The van der Waals surface area contributed by atoms with E-state index in [1.54, 1.807) is 39.0 Å². The van der Waals surface area contributed by atoms with Crippen molar-refractivity contribution in [2.24, 2.45) is 0 Å². The van der Waals surface area contributed by atoms with Crippen molar-refractivity contribution in [1.82, 2.24) is 9.97 Å². The Morgan fingerprint density at radius 2 is 1.43 bits per heavy atom. The molecule has 232 valence electrons. The minimum Gasteiger partial charge on any atom is -0.462 e. The van der Waals surface area contributed by atoms with Crippen molar-refractivity contribution in [2.75, 3.05) is 11.9 Å². The number of rotatable bonds is 9.